The molecule has 0 fully saturated rings. The second-order valence-corrected chi connectivity index (χ2v) is 7.30. The molecular formula is C22H30N2O3. The first kappa shape index (κ1) is 20.9. The topological polar surface area (TPSA) is 61.8 Å². The van der Waals surface area contributed by atoms with Gasteiger partial charge in [-0.15, -0.1) is 0 Å². The number of likely N-dealkylation sites (N-methyl/N-ethyl adjacent to an activating group) is 1. The van der Waals surface area contributed by atoms with Crippen LogP contribution in [0.5, 0.6) is 5.75 Å². The molecule has 0 spiro atoms. The number of aryl methyl sites for hydroxylation is 4. The van der Waals surface area contributed by atoms with E-state index in [9.17, 15) is 9.90 Å². The maximum atomic E-state index is 12.3. The molecule has 0 radical (unpaired) electrons. The summed E-state index contributed by atoms with van der Waals surface area (Å²) in [7, 11) is 1.81. The molecule has 5 nitrogen and oxygen atoms in total. The highest BCUT2D eigenvalue weighted by Gasteiger charge is 2.14. The summed E-state index contributed by atoms with van der Waals surface area (Å²) >= 11 is 0. The number of amides is 1. The molecule has 2 aromatic rings. The number of rotatable bonds is 8. The Morgan fingerprint density at radius 3 is 2.30 bits per heavy atom. The van der Waals surface area contributed by atoms with Crippen LogP contribution in [0.4, 0.5) is 5.69 Å². The third-order valence-electron chi connectivity index (χ3n) is 4.32. The molecule has 0 heterocycles. The summed E-state index contributed by atoms with van der Waals surface area (Å²) in [6.45, 7) is 8.71. The first-order valence-corrected chi connectivity index (χ1v) is 9.18. The fraction of sp³-hybridized carbons (Fsp3) is 0.409. The minimum atomic E-state index is -0.677. The summed E-state index contributed by atoms with van der Waals surface area (Å²) in [5.74, 6) is 0.652. The van der Waals surface area contributed by atoms with Crippen molar-refractivity contribution in [3.05, 3.63) is 58.7 Å². The van der Waals surface area contributed by atoms with E-state index in [0.29, 0.717) is 6.54 Å². The van der Waals surface area contributed by atoms with Gasteiger partial charge in [0.2, 0.25) is 5.91 Å². The van der Waals surface area contributed by atoms with Gasteiger partial charge in [-0.05, 0) is 69.1 Å². The largest absolute Gasteiger partial charge is 0.491 e. The molecule has 146 valence electrons. The van der Waals surface area contributed by atoms with Crippen molar-refractivity contribution >= 4 is 11.6 Å². The lowest BCUT2D eigenvalue weighted by Gasteiger charge is -2.21. The van der Waals surface area contributed by atoms with Crippen molar-refractivity contribution in [2.75, 3.05) is 32.1 Å². The molecule has 0 bridgehead atoms. The number of hydrogen-bond acceptors (Lipinski definition) is 4. The highest BCUT2D eigenvalue weighted by Crippen LogP contribution is 2.19. The summed E-state index contributed by atoms with van der Waals surface area (Å²) in [4.78, 5) is 14.1. The second kappa shape index (κ2) is 9.53. The number of carbonyl (C=O) groups excluding carboxylic acids is 1. The Labute approximate surface area is 162 Å². The molecule has 5 heteroatoms. The number of aliphatic hydroxyl groups excluding tert-OH is 1. The van der Waals surface area contributed by atoms with E-state index < -0.39 is 6.10 Å². The lowest BCUT2D eigenvalue weighted by atomic mass is 10.1. The normalized spacial score (nSPS) is 12.1. The maximum Gasteiger partial charge on any atom is 0.238 e. The van der Waals surface area contributed by atoms with Crippen molar-refractivity contribution in [3.8, 4) is 5.75 Å². The second-order valence-electron chi connectivity index (χ2n) is 7.30. The fourth-order valence-electron chi connectivity index (χ4n) is 3.12. The Hall–Kier alpha value is -2.37. The van der Waals surface area contributed by atoms with Gasteiger partial charge in [0.1, 0.15) is 18.5 Å². The van der Waals surface area contributed by atoms with Crippen LogP contribution in [0.3, 0.4) is 0 Å². The van der Waals surface area contributed by atoms with E-state index in [1.807, 2.05) is 65.1 Å². The third-order valence-corrected chi connectivity index (χ3v) is 4.32. The van der Waals surface area contributed by atoms with E-state index in [4.69, 9.17) is 4.74 Å². The van der Waals surface area contributed by atoms with Crippen molar-refractivity contribution in [2.45, 2.75) is 33.8 Å². The number of aliphatic hydroxyl groups is 1. The van der Waals surface area contributed by atoms with E-state index in [1.54, 1.807) is 4.90 Å². The van der Waals surface area contributed by atoms with Gasteiger partial charge in [-0.2, -0.15) is 0 Å². The first-order valence-electron chi connectivity index (χ1n) is 9.18. The average molecular weight is 370 g/mol. The summed E-state index contributed by atoms with van der Waals surface area (Å²) in [6, 6.07) is 11.9. The van der Waals surface area contributed by atoms with Gasteiger partial charge >= 0.3 is 0 Å². The summed E-state index contributed by atoms with van der Waals surface area (Å²) in [5, 5.41) is 13.2. The number of para-hydroxylation sites is 1. The summed E-state index contributed by atoms with van der Waals surface area (Å²) < 4.78 is 5.69. The number of carbonyl (C=O) groups is 1. The van der Waals surface area contributed by atoms with Crippen LogP contribution in [-0.2, 0) is 4.79 Å². The average Bonchev–Trinajstić information content (AvgIpc) is 2.55. The zero-order valence-electron chi connectivity index (χ0n) is 16.9. The Kier molecular flexibility index (Phi) is 7.39. The van der Waals surface area contributed by atoms with Gasteiger partial charge in [-0.3, -0.25) is 9.69 Å². The quantitative estimate of drug-likeness (QED) is 0.749. The Morgan fingerprint density at radius 1 is 1.11 bits per heavy atom. The predicted octanol–water partition coefficient (Wildman–Crippen LogP) is 3.23. The van der Waals surface area contributed by atoms with Crippen LogP contribution in [0.25, 0.3) is 0 Å². The lowest BCUT2D eigenvalue weighted by Crippen LogP contribution is -2.38. The predicted molar refractivity (Wildman–Crippen MR) is 109 cm³/mol. The number of benzene rings is 2. The lowest BCUT2D eigenvalue weighted by molar-refractivity contribution is -0.117. The van der Waals surface area contributed by atoms with Crippen molar-refractivity contribution < 1.29 is 14.6 Å². The van der Waals surface area contributed by atoms with Crippen molar-refractivity contribution in [1.29, 1.82) is 0 Å². The number of nitrogens with one attached hydrogen (secondary N) is 1. The molecule has 2 aromatic carbocycles. The van der Waals surface area contributed by atoms with Crippen molar-refractivity contribution in [3.63, 3.8) is 0 Å². The minimum absolute atomic E-state index is 0.0997. The standard InChI is InChI=1S/C22H30N2O3/c1-15-9-16(2)11-20(10-15)27-14-19(25)12-24(5)13-21(26)23-22-17(3)7-6-8-18(22)4/h6-11,19,25H,12-14H2,1-5H3,(H,23,26). The van der Waals surface area contributed by atoms with Gasteiger partial charge in [0.05, 0.1) is 6.54 Å². The van der Waals surface area contributed by atoms with Crippen LogP contribution in [-0.4, -0.2) is 48.8 Å². The summed E-state index contributed by atoms with van der Waals surface area (Å²) in [6.07, 6.45) is -0.677. The number of anilines is 1. The molecule has 0 saturated heterocycles. The van der Waals surface area contributed by atoms with Crippen LogP contribution < -0.4 is 10.1 Å². The summed E-state index contributed by atoms with van der Waals surface area (Å²) in [5.41, 5.74) is 5.18. The molecular weight excluding hydrogens is 340 g/mol. The van der Waals surface area contributed by atoms with Gasteiger partial charge in [0.15, 0.2) is 0 Å². The van der Waals surface area contributed by atoms with Crippen molar-refractivity contribution in [1.82, 2.24) is 4.90 Å². The van der Waals surface area contributed by atoms with Crippen LogP contribution in [0.1, 0.15) is 22.3 Å². The molecule has 2 rings (SSSR count). The van der Waals surface area contributed by atoms with E-state index in [2.05, 4.69) is 11.4 Å². The fourth-order valence-corrected chi connectivity index (χ4v) is 3.12. The van der Waals surface area contributed by atoms with Gasteiger partial charge in [-0.1, -0.05) is 24.3 Å². The number of hydrogen-bond donors (Lipinski definition) is 2. The van der Waals surface area contributed by atoms with Crippen LogP contribution >= 0.6 is 0 Å². The van der Waals surface area contributed by atoms with Gasteiger partial charge in [0.25, 0.3) is 0 Å². The Morgan fingerprint density at radius 2 is 1.70 bits per heavy atom. The molecule has 2 N–H and O–H groups in total. The SMILES string of the molecule is Cc1cc(C)cc(OCC(O)CN(C)CC(=O)Nc2c(C)cccc2C)c1. The van der Waals surface area contributed by atoms with Crippen molar-refractivity contribution in [2.24, 2.45) is 0 Å². The van der Waals surface area contributed by atoms with Gasteiger partial charge < -0.3 is 15.2 Å². The van der Waals surface area contributed by atoms with Gasteiger partial charge in [-0.25, -0.2) is 0 Å². The molecule has 1 atom stereocenters. The minimum Gasteiger partial charge on any atom is -0.491 e. The van der Waals surface area contributed by atoms with E-state index >= 15 is 0 Å². The number of nitrogens with zero attached hydrogens (tertiary/aromatic N) is 1. The first-order chi connectivity index (χ1) is 12.7. The molecule has 1 amide bonds. The highest BCUT2D eigenvalue weighted by atomic mass is 16.5. The molecule has 27 heavy (non-hydrogen) atoms. The zero-order chi connectivity index (χ0) is 20.0. The molecule has 0 aliphatic rings. The molecule has 1 unspecified atom stereocenters. The molecule has 0 aliphatic heterocycles. The zero-order valence-corrected chi connectivity index (χ0v) is 16.9. The maximum absolute atomic E-state index is 12.3. The van der Waals surface area contributed by atoms with Gasteiger partial charge in [0, 0.05) is 12.2 Å². The smallest absolute Gasteiger partial charge is 0.238 e. The monoisotopic (exact) mass is 370 g/mol. The third kappa shape index (κ3) is 6.70. The van der Waals surface area contributed by atoms with E-state index in [1.165, 1.54) is 0 Å². The van der Waals surface area contributed by atoms with E-state index in [-0.39, 0.29) is 19.1 Å². The molecule has 0 aromatic heterocycles. The molecule has 0 aliphatic carbocycles. The number of ether oxygens (including phenoxy) is 1. The Bertz CT molecular complexity index is 749. The van der Waals surface area contributed by atoms with Crippen LogP contribution in [0.15, 0.2) is 36.4 Å². The highest BCUT2D eigenvalue weighted by molar-refractivity contribution is 5.93. The van der Waals surface area contributed by atoms with Crippen LogP contribution in [0, 0.1) is 27.7 Å². The van der Waals surface area contributed by atoms with Crippen LogP contribution in [0.2, 0.25) is 0 Å². The Balaban J connectivity index is 1.80. The van der Waals surface area contributed by atoms with E-state index in [0.717, 1.165) is 33.7 Å². The molecule has 0 saturated carbocycles.